The van der Waals surface area contributed by atoms with Crippen molar-refractivity contribution < 1.29 is 19.4 Å². The minimum absolute atomic E-state index is 0.417. The lowest BCUT2D eigenvalue weighted by atomic mass is 10.1. The Morgan fingerprint density at radius 3 is 2.56 bits per heavy atom. The molecule has 0 bridgehead atoms. The van der Waals surface area contributed by atoms with Gasteiger partial charge in [-0.2, -0.15) is 0 Å². The topological polar surface area (TPSA) is 55.8 Å². The number of carbonyl (C=O) groups excluding carboxylic acids is 1. The van der Waals surface area contributed by atoms with E-state index in [1.54, 1.807) is 0 Å². The van der Waals surface area contributed by atoms with Crippen molar-refractivity contribution in [1.82, 2.24) is 0 Å². The number of aliphatic hydroxyl groups excluding tert-OH is 1. The Hall–Kier alpha value is -1.55. The molecule has 0 aliphatic carbocycles. The normalized spacial score (nSPS) is 11.9. The summed E-state index contributed by atoms with van der Waals surface area (Å²) in [6.45, 7) is 2.60. The third-order valence-corrected chi connectivity index (χ3v) is 2.65. The van der Waals surface area contributed by atoms with Gasteiger partial charge < -0.3 is 14.6 Å². The zero-order valence-corrected chi connectivity index (χ0v) is 10.9. The Morgan fingerprint density at radius 1 is 1.33 bits per heavy atom. The molecule has 100 valence electrons. The average molecular weight is 252 g/mol. The molecule has 1 N–H and O–H groups in total. The Bertz CT molecular complexity index is 359. The summed E-state index contributed by atoms with van der Waals surface area (Å²) in [7, 11) is 1.28. The molecule has 18 heavy (non-hydrogen) atoms. The highest BCUT2D eigenvalue weighted by atomic mass is 16.5. The van der Waals surface area contributed by atoms with E-state index < -0.39 is 12.1 Å². The van der Waals surface area contributed by atoms with Crippen LogP contribution in [0.1, 0.15) is 25.3 Å². The first-order valence-electron chi connectivity index (χ1n) is 6.15. The van der Waals surface area contributed by atoms with Crippen LogP contribution in [0.2, 0.25) is 0 Å². The largest absolute Gasteiger partial charge is 0.494 e. The van der Waals surface area contributed by atoms with Gasteiger partial charge in [-0.05, 0) is 43.9 Å². The van der Waals surface area contributed by atoms with Gasteiger partial charge in [-0.1, -0.05) is 12.1 Å². The van der Waals surface area contributed by atoms with Crippen molar-refractivity contribution in [2.45, 2.75) is 32.3 Å². The van der Waals surface area contributed by atoms with Crippen LogP contribution in [0.5, 0.6) is 5.75 Å². The van der Waals surface area contributed by atoms with Gasteiger partial charge in [-0.15, -0.1) is 0 Å². The number of rotatable bonds is 7. The van der Waals surface area contributed by atoms with Crippen LogP contribution >= 0.6 is 0 Å². The molecule has 0 saturated heterocycles. The lowest BCUT2D eigenvalue weighted by molar-refractivity contribution is -0.150. The molecule has 1 aromatic carbocycles. The molecule has 4 heteroatoms. The second-order valence-corrected chi connectivity index (χ2v) is 4.01. The van der Waals surface area contributed by atoms with Crippen LogP contribution < -0.4 is 4.74 Å². The summed E-state index contributed by atoms with van der Waals surface area (Å²) in [6, 6.07) is 7.84. The number of hydrogen-bond acceptors (Lipinski definition) is 4. The van der Waals surface area contributed by atoms with Gasteiger partial charge in [-0.25, -0.2) is 4.79 Å². The molecule has 1 atom stereocenters. The minimum Gasteiger partial charge on any atom is -0.494 e. The van der Waals surface area contributed by atoms with Gasteiger partial charge in [0.05, 0.1) is 13.7 Å². The molecule has 1 aromatic rings. The maximum Gasteiger partial charge on any atom is 0.334 e. The standard InChI is InChI=1S/C14H20O4/c1-3-18-12-9-7-11(8-10-12)5-4-6-13(15)14(16)17-2/h7-10,13,15H,3-6H2,1-2H3/t13-/m0/s1. The maximum atomic E-state index is 11.0. The van der Waals surface area contributed by atoms with E-state index in [0.29, 0.717) is 13.0 Å². The SMILES string of the molecule is CCOc1ccc(CCC[C@H](O)C(=O)OC)cc1. The van der Waals surface area contributed by atoms with E-state index >= 15 is 0 Å². The number of benzene rings is 1. The number of aliphatic hydroxyl groups is 1. The molecule has 0 fully saturated rings. The van der Waals surface area contributed by atoms with E-state index in [1.165, 1.54) is 7.11 Å². The van der Waals surface area contributed by atoms with Crippen molar-refractivity contribution in [2.75, 3.05) is 13.7 Å². The quantitative estimate of drug-likeness (QED) is 0.753. The average Bonchev–Trinajstić information content (AvgIpc) is 2.40. The molecule has 1 rings (SSSR count). The molecule has 0 aromatic heterocycles. The summed E-state index contributed by atoms with van der Waals surface area (Å²) in [4.78, 5) is 11.0. The third-order valence-electron chi connectivity index (χ3n) is 2.65. The Morgan fingerprint density at radius 2 is 2.00 bits per heavy atom. The second kappa shape index (κ2) is 7.71. The first-order chi connectivity index (χ1) is 8.67. The lowest BCUT2D eigenvalue weighted by Gasteiger charge is -2.08. The Labute approximate surface area is 108 Å². The number of esters is 1. The fourth-order valence-electron chi connectivity index (χ4n) is 1.67. The van der Waals surface area contributed by atoms with E-state index in [2.05, 4.69) is 4.74 Å². The summed E-state index contributed by atoms with van der Waals surface area (Å²) >= 11 is 0. The molecule has 0 amide bonds. The highest BCUT2D eigenvalue weighted by Crippen LogP contribution is 2.14. The molecule has 0 aliphatic heterocycles. The molecular weight excluding hydrogens is 232 g/mol. The molecule has 0 radical (unpaired) electrons. The zero-order valence-electron chi connectivity index (χ0n) is 10.9. The van der Waals surface area contributed by atoms with Gasteiger partial charge in [0.2, 0.25) is 0 Å². The van der Waals surface area contributed by atoms with Crippen LogP contribution in [-0.2, 0) is 16.0 Å². The highest BCUT2D eigenvalue weighted by molar-refractivity contribution is 5.74. The fourth-order valence-corrected chi connectivity index (χ4v) is 1.67. The summed E-state index contributed by atoms with van der Waals surface area (Å²) < 4.78 is 9.80. The smallest absolute Gasteiger partial charge is 0.334 e. The summed E-state index contributed by atoms with van der Waals surface area (Å²) in [5.41, 5.74) is 1.16. The number of methoxy groups -OCH3 is 1. The van der Waals surface area contributed by atoms with Crippen LogP contribution in [0.4, 0.5) is 0 Å². The predicted molar refractivity (Wildman–Crippen MR) is 68.6 cm³/mol. The third kappa shape index (κ3) is 4.75. The molecule has 0 unspecified atom stereocenters. The second-order valence-electron chi connectivity index (χ2n) is 4.01. The van der Waals surface area contributed by atoms with Crippen molar-refractivity contribution in [3.05, 3.63) is 29.8 Å². The van der Waals surface area contributed by atoms with Gasteiger partial charge >= 0.3 is 5.97 Å². The van der Waals surface area contributed by atoms with Gasteiger partial charge in [0, 0.05) is 0 Å². The van der Waals surface area contributed by atoms with Gasteiger partial charge in [-0.3, -0.25) is 0 Å². The summed E-state index contributed by atoms with van der Waals surface area (Å²) in [5, 5.41) is 9.42. The fraction of sp³-hybridized carbons (Fsp3) is 0.500. The lowest BCUT2D eigenvalue weighted by Crippen LogP contribution is -2.21. The molecular formula is C14H20O4. The van der Waals surface area contributed by atoms with Crippen molar-refractivity contribution in [3.63, 3.8) is 0 Å². The Balaban J connectivity index is 2.33. The predicted octanol–water partition coefficient (Wildman–Crippen LogP) is 1.94. The number of hydrogen-bond donors (Lipinski definition) is 1. The van der Waals surface area contributed by atoms with Crippen molar-refractivity contribution in [3.8, 4) is 5.75 Å². The number of ether oxygens (including phenoxy) is 2. The van der Waals surface area contributed by atoms with E-state index in [9.17, 15) is 9.90 Å². The van der Waals surface area contributed by atoms with Crippen LogP contribution in [0.3, 0.4) is 0 Å². The van der Waals surface area contributed by atoms with Crippen LogP contribution in [0.15, 0.2) is 24.3 Å². The monoisotopic (exact) mass is 252 g/mol. The van der Waals surface area contributed by atoms with E-state index in [4.69, 9.17) is 4.74 Å². The summed E-state index contributed by atoms with van der Waals surface area (Å²) in [5.74, 6) is 0.289. The molecule has 4 nitrogen and oxygen atoms in total. The zero-order chi connectivity index (χ0) is 13.4. The molecule has 0 aliphatic rings. The maximum absolute atomic E-state index is 11.0. The molecule has 0 heterocycles. The Kier molecular flexibility index (Phi) is 6.22. The van der Waals surface area contributed by atoms with E-state index in [0.717, 1.165) is 24.2 Å². The van der Waals surface area contributed by atoms with Crippen LogP contribution in [-0.4, -0.2) is 30.9 Å². The van der Waals surface area contributed by atoms with Crippen LogP contribution in [0.25, 0.3) is 0 Å². The summed E-state index contributed by atoms with van der Waals surface area (Å²) in [6.07, 6.45) is 0.961. The van der Waals surface area contributed by atoms with Gasteiger partial charge in [0.15, 0.2) is 6.10 Å². The van der Waals surface area contributed by atoms with Crippen molar-refractivity contribution >= 4 is 5.97 Å². The van der Waals surface area contributed by atoms with E-state index in [1.807, 2.05) is 31.2 Å². The molecule has 0 spiro atoms. The van der Waals surface area contributed by atoms with Gasteiger partial charge in [0.1, 0.15) is 5.75 Å². The van der Waals surface area contributed by atoms with Crippen LogP contribution in [0, 0.1) is 0 Å². The van der Waals surface area contributed by atoms with Crippen molar-refractivity contribution in [1.29, 1.82) is 0 Å². The molecule has 0 saturated carbocycles. The first kappa shape index (κ1) is 14.5. The minimum atomic E-state index is -1.02. The number of carbonyl (C=O) groups is 1. The first-order valence-corrected chi connectivity index (χ1v) is 6.15. The van der Waals surface area contributed by atoms with Gasteiger partial charge in [0.25, 0.3) is 0 Å². The van der Waals surface area contributed by atoms with E-state index in [-0.39, 0.29) is 0 Å². The highest BCUT2D eigenvalue weighted by Gasteiger charge is 2.14. The number of aryl methyl sites for hydroxylation is 1. The van der Waals surface area contributed by atoms with Crippen molar-refractivity contribution in [2.24, 2.45) is 0 Å².